The Morgan fingerprint density at radius 3 is 2.38 bits per heavy atom. The number of rotatable bonds is 7. The molecule has 0 saturated heterocycles. The molecule has 3 aromatic rings. The largest absolute Gasteiger partial charge is 0.416 e. The molecule has 2 heterocycles. The monoisotopic (exact) mass is 419 g/mol. The highest BCUT2D eigenvalue weighted by Crippen LogP contribution is 2.33. The van der Waals surface area contributed by atoms with Gasteiger partial charge in [0, 0.05) is 17.5 Å². The second-order valence-electron chi connectivity index (χ2n) is 6.58. The standard InChI is InChI=1S/C20H20F3N5S/c1-28(2)12-5-13-29-19-17(14-7-9-15(10-8-14)20(21,22)23)26-27-18(25-19)16-6-3-4-11-24-16/h3-4,6-11H,5,12-13H2,1-2H3. The summed E-state index contributed by atoms with van der Waals surface area (Å²) in [4.78, 5) is 10.9. The first-order chi connectivity index (χ1) is 13.8. The quantitative estimate of drug-likeness (QED) is 0.410. The van der Waals surface area contributed by atoms with Gasteiger partial charge in [-0.05, 0) is 51.3 Å². The van der Waals surface area contributed by atoms with Gasteiger partial charge in [0.2, 0.25) is 5.82 Å². The van der Waals surface area contributed by atoms with E-state index < -0.39 is 11.7 Å². The van der Waals surface area contributed by atoms with Crippen LogP contribution in [0.5, 0.6) is 0 Å². The SMILES string of the molecule is CN(C)CCCSc1nc(-c2ccccn2)nnc1-c1ccc(C(F)(F)F)cc1. The molecule has 0 aliphatic rings. The zero-order valence-electron chi connectivity index (χ0n) is 16.0. The van der Waals surface area contributed by atoms with Gasteiger partial charge in [-0.25, -0.2) is 4.98 Å². The topological polar surface area (TPSA) is 54.8 Å². The van der Waals surface area contributed by atoms with Crippen LogP contribution in [0.2, 0.25) is 0 Å². The van der Waals surface area contributed by atoms with Gasteiger partial charge in [-0.15, -0.1) is 22.0 Å². The summed E-state index contributed by atoms with van der Waals surface area (Å²) >= 11 is 1.51. The third-order valence-corrected chi connectivity index (χ3v) is 5.07. The predicted molar refractivity (Wildman–Crippen MR) is 107 cm³/mol. The Balaban J connectivity index is 1.92. The van der Waals surface area contributed by atoms with E-state index >= 15 is 0 Å². The normalized spacial score (nSPS) is 11.8. The molecule has 0 fully saturated rings. The Morgan fingerprint density at radius 2 is 1.76 bits per heavy atom. The second-order valence-corrected chi connectivity index (χ2v) is 7.67. The van der Waals surface area contributed by atoms with Gasteiger partial charge in [0.25, 0.3) is 0 Å². The lowest BCUT2D eigenvalue weighted by Crippen LogP contribution is -2.13. The average Bonchev–Trinajstić information content (AvgIpc) is 2.71. The number of hydrogen-bond acceptors (Lipinski definition) is 6. The number of alkyl halides is 3. The summed E-state index contributed by atoms with van der Waals surface area (Å²) in [7, 11) is 4.01. The molecular formula is C20H20F3N5S. The van der Waals surface area contributed by atoms with E-state index in [0.29, 0.717) is 27.8 Å². The van der Waals surface area contributed by atoms with Crippen molar-refractivity contribution in [3.05, 3.63) is 54.2 Å². The molecule has 0 unspecified atom stereocenters. The van der Waals surface area contributed by atoms with Crippen LogP contribution < -0.4 is 0 Å². The molecule has 152 valence electrons. The molecule has 5 nitrogen and oxygen atoms in total. The maximum absolute atomic E-state index is 12.9. The van der Waals surface area contributed by atoms with Crippen molar-refractivity contribution >= 4 is 11.8 Å². The fourth-order valence-corrected chi connectivity index (χ4v) is 3.48. The Bertz CT molecular complexity index is 931. The molecule has 0 bridgehead atoms. The molecule has 0 spiro atoms. The summed E-state index contributed by atoms with van der Waals surface area (Å²) in [5, 5.41) is 9.04. The van der Waals surface area contributed by atoms with Crippen molar-refractivity contribution in [1.82, 2.24) is 25.1 Å². The van der Waals surface area contributed by atoms with Crippen LogP contribution in [0, 0.1) is 0 Å². The Hall–Kier alpha value is -2.52. The summed E-state index contributed by atoms with van der Waals surface area (Å²) in [6, 6.07) is 10.3. The average molecular weight is 419 g/mol. The number of halogens is 3. The second kappa shape index (κ2) is 9.32. The van der Waals surface area contributed by atoms with Crippen molar-refractivity contribution in [2.75, 3.05) is 26.4 Å². The first-order valence-corrected chi connectivity index (χ1v) is 9.94. The zero-order valence-corrected chi connectivity index (χ0v) is 16.8. The molecule has 0 aliphatic heterocycles. The van der Waals surface area contributed by atoms with Crippen molar-refractivity contribution in [3.63, 3.8) is 0 Å². The summed E-state index contributed by atoms with van der Waals surface area (Å²) < 4.78 is 38.6. The van der Waals surface area contributed by atoms with Crippen molar-refractivity contribution < 1.29 is 13.2 Å². The molecule has 0 radical (unpaired) electrons. The number of aromatic nitrogens is 4. The van der Waals surface area contributed by atoms with E-state index in [1.165, 1.54) is 23.9 Å². The minimum Gasteiger partial charge on any atom is -0.309 e. The molecule has 0 aliphatic carbocycles. The lowest BCUT2D eigenvalue weighted by molar-refractivity contribution is -0.137. The molecule has 1 aromatic carbocycles. The van der Waals surface area contributed by atoms with E-state index in [9.17, 15) is 13.2 Å². The maximum Gasteiger partial charge on any atom is 0.416 e. The van der Waals surface area contributed by atoms with Gasteiger partial charge < -0.3 is 4.90 Å². The van der Waals surface area contributed by atoms with Crippen LogP contribution in [0.4, 0.5) is 13.2 Å². The maximum atomic E-state index is 12.9. The highest BCUT2D eigenvalue weighted by molar-refractivity contribution is 7.99. The first kappa shape index (κ1) is 21.2. The van der Waals surface area contributed by atoms with Gasteiger partial charge in [0.15, 0.2) is 0 Å². The Labute approximate surface area is 171 Å². The van der Waals surface area contributed by atoms with Crippen LogP contribution in [0.3, 0.4) is 0 Å². The van der Waals surface area contributed by atoms with Gasteiger partial charge in [-0.3, -0.25) is 4.98 Å². The lowest BCUT2D eigenvalue weighted by Gasteiger charge is -2.12. The lowest BCUT2D eigenvalue weighted by atomic mass is 10.1. The van der Waals surface area contributed by atoms with Crippen molar-refractivity contribution in [1.29, 1.82) is 0 Å². The number of thioether (sulfide) groups is 1. The predicted octanol–water partition coefficient (Wildman–Crippen LogP) is 4.66. The van der Waals surface area contributed by atoms with Gasteiger partial charge in [0.1, 0.15) is 16.4 Å². The van der Waals surface area contributed by atoms with Gasteiger partial charge in [0.05, 0.1) is 5.56 Å². The van der Waals surface area contributed by atoms with Crippen molar-refractivity contribution in [2.45, 2.75) is 17.6 Å². The van der Waals surface area contributed by atoms with E-state index in [0.717, 1.165) is 30.9 Å². The van der Waals surface area contributed by atoms with Crippen LogP contribution in [-0.4, -0.2) is 51.5 Å². The Kier molecular flexibility index (Phi) is 6.81. The summed E-state index contributed by atoms with van der Waals surface area (Å²) in [6.45, 7) is 0.925. The first-order valence-electron chi connectivity index (χ1n) is 8.96. The minimum absolute atomic E-state index is 0.386. The number of hydrogen-bond donors (Lipinski definition) is 0. The molecule has 0 atom stereocenters. The number of benzene rings is 1. The molecule has 3 rings (SSSR count). The molecule has 29 heavy (non-hydrogen) atoms. The van der Waals surface area contributed by atoms with E-state index in [1.54, 1.807) is 18.3 Å². The smallest absolute Gasteiger partial charge is 0.309 e. The molecule has 9 heteroatoms. The highest BCUT2D eigenvalue weighted by Gasteiger charge is 2.30. The van der Waals surface area contributed by atoms with Crippen molar-refractivity contribution in [2.24, 2.45) is 0 Å². The van der Waals surface area contributed by atoms with Crippen LogP contribution in [-0.2, 0) is 6.18 Å². The van der Waals surface area contributed by atoms with E-state index in [2.05, 4.69) is 25.1 Å². The molecule has 0 N–H and O–H groups in total. The van der Waals surface area contributed by atoms with Gasteiger partial charge >= 0.3 is 6.18 Å². The van der Waals surface area contributed by atoms with Gasteiger partial charge in [-0.2, -0.15) is 13.2 Å². The van der Waals surface area contributed by atoms with E-state index in [4.69, 9.17) is 0 Å². The molecule has 2 aromatic heterocycles. The zero-order chi connectivity index (χ0) is 20.9. The number of pyridine rings is 1. The van der Waals surface area contributed by atoms with Crippen LogP contribution in [0.25, 0.3) is 22.8 Å². The van der Waals surface area contributed by atoms with Gasteiger partial charge in [-0.1, -0.05) is 18.2 Å². The van der Waals surface area contributed by atoms with Crippen LogP contribution >= 0.6 is 11.8 Å². The fraction of sp³-hybridized carbons (Fsp3) is 0.300. The van der Waals surface area contributed by atoms with Crippen molar-refractivity contribution in [3.8, 4) is 22.8 Å². The van der Waals surface area contributed by atoms with E-state index in [1.807, 2.05) is 20.2 Å². The minimum atomic E-state index is -4.38. The molecular weight excluding hydrogens is 399 g/mol. The number of nitrogens with zero attached hydrogens (tertiary/aromatic N) is 5. The van der Waals surface area contributed by atoms with Crippen LogP contribution in [0.15, 0.2) is 53.7 Å². The molecule has 0 saturated carbocycles. The summed E-state index contributed by atoms with van der Waals surface area (Å²) in [5.74, 6) is 1.18. The molecule has 0 amide bonds. The van der Waals surface area contributed by atoms with Crippen LogP contribution in [0.1, 0.15) is 12.0 Å². The van der Waals surface area contributed by atoms with E-state index in [-0.39, 0.29) is 0 Å². The highest BCUT2D eigenvalue weighted by atomic mass is 32.2. The third-order valence-electron chi connectivity index (χ3n) is 4.02. The third kappa shape index (κ3) is 5.74. The summed E-state index contributed by atoms with van der Waals surface area (Å²) in [5.41, 5.74) is 0.899. The Morgan fingerprint density at radius 1 is 1.00 bits per heavy atom. The summed E-state index contributed by atoms with van der Waals surface area (Å²) in [6.07, 6.45) is -1.80. The fourth-order valence-electron chi connectivity index (χ4n) is 2.56.